The second kappa shape index (κ2) is 7.85. The summed E-state index contributed by atoms with van der Waals surface area (Å²) in [5.41, 5.74) is 6.65. The van der Waals surface area contributed by atoms with Gasteiger partial charge in [-0.05, 0) is 23.6 Å². The number of hydrogen-bond donors (Lipinski definition) is 1. The third-order valence-corrected chi connectivity index (χ3v) is 3.23. The number of thiocarbonyl (C=S) groups is 1. The minimum atomic E-state index is -0.0887. The number of nitrogens with two attached hydrogens (primary N) is 1. The zero-order valence-corrected chi connectivity index (χ0v) is 13.1. The van der Waals surface area contributed by atoms with Crippen LogP contribution in [0.2, 0.25) is 0 Å². The highest BCUT2D eigenvalue weighted by Gasteiger charge is 2.09. The topological polar surface area (TPSA) is 55.6 Å². The minimum absolute atomic E-state index is 0.0227. The van der Waals surface area contributed by atoms with Crippen molar-refractivity contribution in [1.82, 2.24) is 4.90 Å². The van der Waals surface area contributed by atoms with E-state index in [4.69, 9.17) is 22.7 Å². The van der Waals surface area contributed by atoms with E-state index in [9.17, 15) is 4.79 Å². The molecule has 20 heavy (non-hydrogen) atoms. The average molecular weight is 294 g/mol. The van der Waals surface area contributed by atoms with Gasteiger partial charge < -0.3 is 15.4 Å². The molecule has 5 heteroatoms. The van der Waals surface area contributed by atoms with Gasteiger partial charge in [-0.3, -0.25) is 4.79 Å². The highest BCUT2D eigenvalue weighted by atomic mass is 32.1. The molecular weight excluding hydrogens is 272 g/mol. The maximum Gasteiger partial charge on any atom is 0.260 e. The lowest BCUT2D eigenvalue weighted by molar-refractivity contribution is -0.131. The molecule has 0 fully saturated rings. The molecule has 4 nitrogen and oxygen atoms in total. The predicted octanol–water partition coefficient (Wildman–Crippen LogP) is 2.32. The largest absolute Gasteiger partial charge is 0.484 e. The van der Waals surface area contributed by atoms with E-state index >= 15 is 0 Å². The van der Waals surface area contributed by atoms with Gasteiger partial charge >= 0.3 is 0 Å². The third kappa shape index (κ3) is 5.57. The van der Waals surface area contributed by atoms with Crippen LogP contribution in [-0.2, 0) is 4.79 Å². The lowest BCUT2D eigenvalue weighted by Gasteiger charge is -2.17. The molecule has 0 aromatic heterocycles. The molecule has 110 valence electrons. The molecule has 1 aromatic carbocycles. The zero-order chi connectivity index (χ0) is 15.1. The lowest BCUT2D eigenvalue weighted by Crippen LogP contribution is -2.33. The molecule has 1 rings (SSSR count). The zero-order valence-electron chi connectivity index (χ0n) is 12.3. The Morgan fingerprint density at radius 3 is 2.45 bits per heavy atom. The Bertz CT molecular complexity index is 457. The Balaban J connectivity index is 2.42. The number of ether oxygens (including phenoxy) is 1. The Hall–Kier alpha value is -1.62. The van der Waals surface area contributed by atoms with Crippen molar-refractivity contribution < 1.29 is 9.53 Å². The summed E-state index contributed by atoms with van der Waals surface area (Å²) in [6.45, 7) is 4.81. The number of rotatable bonds is 7. The molecule has 1 aromatic rings. The molecule has 0 spiro atoms. The fraction of sp³-hybridized carbons (Fsp3) is 0.467. The Morgan fingerprint density at radius 1 is 1.35 bits per heavy atom. The van der Waals surface area contributed by atoms with Gasteiger partial charge in [-0.15, -0.1) is 0 Å². The van der Waals surface area contributed by atoms with Gasteiger partial charge in [-0.1, -0.05) is 38.2 Å². The first kappa shape index (κ1) is 16.4. The molecule has 0 atom stereocenters. The smallest absolute Gasteiger partial charge is 0.260 e. The fourth-order valence-electron chi connectivity index (χ4n) is 1.61. The lowest BCUT2D eigenvalue weighted by atomic mass is 10.0. The summed E-state index contributed by atoms with van der Waals surface area (Å²) in [5, 5.41) is 0. The first-order chi connectivity index (χ1) is 9.40. The average Bonchev–Trinajstić information content (AvgIpc) is 2.42. The maximum atomic E-state index is 11.8. The first-order valence-electron chi connectivity index (χ1n) is 6.65. The Kier molecular flexibility index (Phi) is 6.45. The van der Waals surface area contributed by atoms with Gasteiger partial charge in [0.1, 0.15) is 5.75 Å². The van der Waals surface area contributed by atoms with Crippen molar-refractivity contribution in [3.05, 3.63) is 29.8 Å². The van der Waals surface area contributed by atoms with Crippen LogP contribution in [0, 0.1) is 0 Å². The Morgan fingerprint density at radius 2 is 1.95 bits per heavy atom. The molecule has 0 saturated heterocycles. The highest BCUT2D eigenvalue weighted by Crippen LogP contribution is 2.18. The van der Waals surface area contributed by atoms with E-state index < -0.39 is 0 Å². The summed E-state index contributed by atoms with van der Waals surface area (Å²) < 4.78 is 5.48. The van der Waals surface area contributed by atoms with Crippen molar-refractivity contribution in [3.8, 4) is 5.75 Å². The van der Waals surface area contributed by atoms with Crippen molar-refractivity contribution >= 4 is 23.1 Å². The number of carbonyl (C=O) groups excluding carboxylic acids is 1. The van der Waals surface area contributed by atoms with Crippen LogP contribution in [0.3, 0.4) is 0 Å². The fourth-order valence-corrected chi connectivity index (χ4v) is 1.70. The predicted molar refractivity (Wildman–Crippen MR) is 85.1 cm³/mol. The van der Waals surface area contributed by atoms with Crippen molar-refractivity contribution in [2.75, 3.05) is 20.2 Å². The number of nitrogens with zero attached hydrogens (tertiary/aromatic N) is 1. The summed E-state index contributed by atoms with van der Waals surface area (Å²) in [4.78, 5) is 13.8. The SMILES string of the molecule is CC(C)c1ccc(OCC(=O)N(C)CCC(N)=S)cc1. The molecular formula is C15H22N2O2S. The number of likely N-dealkylation sites (N-methyl/N-ethyl adjacent to an activating group) is 1. The summed E-state index contributed by atoms with van der Waals surface area (Å²) in [6.07, 6.45) is 0.528. The standard InChI is InChI=1S/C15H22N2O2S/c1-11(2)12-4-6-13(7-5-12)19-10-15(18)17(3)9-8-14(16)20/h4-7,11H,8-10H2,1-3H3,(H2,16,20). The van der Waals surface area contributed by atoms with E-state index in [1.807, 2.05) is 24.3 Å². The van der Waals surface area contributed by atoms with E-state index in [0.29, 0.717) is 29.6 Å². The quantitative estimate of drug-likeness (QED) is 0.784. The van der Waals surface area contributed by atoms with E-state index in [2.05, 4.69) is 13.8 Å². The highest BCUT2D eigenvalue weighted by molar-refractivity contribution is 7.80. The summed E-state index contributed by atoms with van der Waals surface area (Å²) in [6, 6.07) is 7.80. The minimum Gasteiger partial charge on any atom is -0.484 e. The summed E-state index contributed by atoms with van der Waals surface area (Å²) in [7, 11) is 1.71. The monoisotopic (exact) mass is 294 g/mol. The second-order valence-corrected chi connectivity index (χ2v) is 5.57. The van der Waals surface area contributed by atoms with Gasteiger partial charge in [0.25, 0.3) is 5.91 Å². The van der Waals surface area contributed by atoms with Gasteiger partial charge in [0.15, 0.2) is 6.61 Å². The summed E-state index contributed by atoms with van der Waals surface area (Å²) in [5.74, 6) is 1.09. The Labute approximate surface area is 125 Å². The molecule has 0 heterocycles. The molecule has 1 amide bonds. The van der Waals surface area contributed by atoms with Gasteiger partial charge in [0, 0.05) is 20.0 Å². The van der Waals surface area contributed by atoms with Crippen LogP contribution in [-0.4, -0.2) is 36.0 Å². The van der Waals surface area contributed by atoms with Gasteiger partial charge in [-0.25, -0.2) is 0 Å². The molecule has 0 radical (unpaired) electrons. The molecule has 0 unspecified atom stereocenters. The third-order valence-electron chi connectivity index (χ3n) is 3.03. The number of amides is 1. The molecule has 0 aliphatic heterocycles. The van der Waals surface area contributed by atoms with Crippen molar-refractivity contribution in [2.24, 2.45) is 5.73 Å². The number of hydrogen-bond acceptors (Lipinski definition) is 3. The molecule has 0 aliphatic rings. The van der Waals surface area contributed by atoms with Crippen LogP contribution in [0.1, 0.15) is 31.7 Å². The first-order valence-corrected chi connectivity index (χ1v) is 7.06. The molecule has 2 N–H and O–H groups in total. The van der Waals surface area contributed by atoms with Crippen molar-refractivity contribution in [2.45, 2.75) is 26.2 Å². The van der Waals surface area contributed by atoms with Crippen molar-refractivity contribution in [1.29, 1.82) is 0 Å². The van der Waals surface area contributed by atoms with Crippen LogP contribution >= 0.6 is 12.2 Å². The van der Waals surface area contributed by atoms with E-state index in [1.165, 1.54) is 5.56 Å². The van der Waals surface area contributed by atoms with Gasteiger partial charge in [-0.2, -0.15) is 0 Å². The molecule has 0 bridgehead atoms. The number of benzene rings is 1. The van der Waals surface area contributed by atoms with E-state index in [0.717, 1.165) is 0 Å². The van der Waals surface area contributed by atoms with Crippen LogP contribution in [0.4, 0.5) is 0 Å². The number of carbonyl (C=O) groups is 1. The van der Waals surface area contributed by atoms with Crippen LogP contribution in [0.25, 0.3) is 0 Å². The van der Waals surface area contributed by atoms with Crippen LogP contribution in [0.5, 0.6) is 5.75 Å². The van der Waals surface area contributed by atoms with Crippen molar-refractivity contribution in [3.63, 3.8) is 0 Å². The molecule has 0 aliphatic carbocycles. The van der Waals surface area contributed by atoms with Crippen LogP contribution in [0.15, 0.2) is 24.3 Å². The maximum absolute atomic E-state index is 11.8. The normalized spacial score (nSPS) is 10.4. The van der Waals surface area contributed by atoms with E-state index in [-0.39, 0.29) is 12.5 Å². The molecule has 0 saturated carbocycles. The summed E-state index contributed by atoms with van der Waals surface area (Å²) >= 11 is 4.78. The van der Waals surface area contributed by atoms with Gasteiger partial charge in [0.2, 0.25) is 0 Å². The van der Waals surface area contributed by atoms with Gasteiger partial charge in [0.05, 0.1) is 4.99 Å². The van der Waals surface area contributed by atoms with E-state index in [1.54, 1.807) is 11.9 Å². The van der Waals surface area contributed by atoms with Crippen LogP contribution < -0.4 is 10.5 Å². The second-order valence-electron chi connectivity index (χ2n) is 5.04.